The number of benzene rings is 2. The Hall–Kier alpha value is -3.41. The summed E-state index contributed by atoms with van der Waals surface area (Å²) in [5.41, 5.74) is 2.21. The number of carbonyl (C=O) groups is 1. The molecule has 0 aliphatic heterocycles. The second-order valence-corrected chi connectivity index (χ2v) is 5.64. The lowest BCUT2D eigenvalue weighted by atomic mass is 10.1. The summed E-state index contributed by atoms with van der Waals surface area (Å²) in [4.78, 5) is 16.9. The lowest BCUT2D eigenvalue weighted by Crippen LogP contribution is -2.15. The van der Waals surface area contributed by atoms with Crippen LogP contribution >= 0.6 is 0 Å². The smallest absolute Gasteiger partial charge is 0.259 e. The number of nitrogens with zero attached hydrogens (tertiary/aromatic N) is 1. The van der Waals surface area contributed by atoms with Gasteiger partial charge in [0.1, 0.15) is 17.4 Å². The molecule has 3 aromatic rings. The predicted molar refractivity (Wildman–Crippen MR) is 99.6 cm³/mol. The SMILES string of the molecule is COc1ccccc1Nc1ncccc1C(=O)Nc1cc(F)ccc1C. The van der Waals surface area contributed by atoms with Gasteiger partial charge in [-0.3, -0.25) is 4.79 Å². The molecule has 6 heteroatoms. The first-order valence-corrected chi connectivity index (χ1v) is 8.01. The van der Waals surface area contributed by atoms with Gasteiger partial charge < -0.3 is 15.4 Å². The van der Waals surface area contributed by atoms with Crippen LogP contribution in [0, 0.1) is 12.7 Å². The Bertz CT molecular complexity index is 944. The van der Waals surface area contributed by atoms with Gasteiger partial charge in [0.15, 0.2) is 0 Å². The molecule has 0 saturated heterocycles. The van der Waals surface area contributed by atoms with Gasteiger partial charge in [-0.05, 0) is 48.9 Å². The normalized spacial score (nSPS) is 10.3. The van der Waals surface area contributed by atoms with E-state index in [1.54, 1.807) is 44.5 Å². The average molecular weight is 351 g/mol. The molecule has 3 rings (SSSR count). The van der Waals surface area contributed by atoms with Crippen molar-refractivity contribution in [3.63, 3.8) is 0 Å². The van der Waals surface area contributed by atoms with E-state index in [0.717, 1.165) is 5.56 Å². The summed E-state index contributed by atoms with van der Waals surface area (Å²) in [5.74, 6) is 0.211. The fourth-order valence-corrected chi connectivity index (χ4v) is 2.48. The van der Waals surface area contributed by atoms with Crippen LogP contribution in [0.3, 0.4) is 0 Å². The van der Waals surface area contributed by atoms with Crippen molar-refractivity contribution in [2.75, 3.05) is 17.7 Å². The van der Waals surface area contributed by atoms with Crippen LogP contribution in [0.2, 0.25) is 0 Å². The monoisotopic (exact) mass is 351 g/mol. The predicted octanol–water partition coefficient (Wildman–Crippen LogP) is 4.53. The van der Waals surface area contributed by atoms with Gasteiger partial charge in [0, 0.05) is 11.9 Å². The molecule has 1 heterocycles. The standard InChI is InChI=1S/C20H18FN3O2/c1-13-9-10-14(21)12-17(13)24-20(25)15-6-5-11-22-19(15)23-16-7-3-4-8-18(16)26-2/h3-12H,1-2H3,(H,22,23)(H,24,25). The number of methoxy groups -OCH3 is 1. The minimum Gasteiger partial charge on any atom is -0.495 e. The molecule has 1 amide bonds. The third-order valence-corrected chi connectivity index (χ3v) is 3.86. The van der Waals surface area contributed by atoms with Crippen molar-refractivity contribution < 1.29 is 13.9 Å². The van der Waals surface area contributed by atoms with E-state index in [2.05, 4.69) is 15.6 Å². The van der Waals surface area contributed by atoms with Crippen LogP contribution in [0.1, 0.15) is 15.9 Å². The summed E-state index contributed by atoms with van der Waals surface area (Å²) in [6.07, 6.45) is 1.59. The number of halogens is 1. The number of pyridine rings is 1. The summed E-state index contributed by atoms with van der Waals surface area (Å²) in [6, 6.07) is 14.9. The van der Waals surface area contributed by atoms with Gasteiger partial charge in [-0.2, -0.15) is 0 Å². The molecule has 0 aliphatic carbocycles. The maximum absolute atomic E-state index is 13.5. The molecule has 2 aromatic carbocycles. The molecule has 0 fully saturated rings. The van der Waals surface area contributed by atoms with E-state index in [1.807, 2.05) is 18.2 Å². The first-order chi connectivity index (χ1) is 12.6. The number of anilines is 3. The molecule has 2 N–H and O–H groups in total. The highest BCUT2D eigenvalue weighted by Gasteiger charge is 2.15. The number of para-hydroxylation sites is 2. The zero-order chi connectivity index (χ0) is 18.5. The highest BCUT2D eigenvalue weighted by Crippen LogP contribution is 2.28. The molecular formula is C20H18FN3O2. The highest BCUT2D eigenvalue weighted by molar-refractivity contribution is 6.08. The Morgan fingerprint density at radius 1 is 1.08 bits per heavy atom. The van der Waals surface area contributed by atoms with Crippen LogP contribution in [0.15, 0.2) is 60.8 Å². The van der Waals surface area contributed by atoms with Gasteiger partial charge in [0.2, 0.25) is 0 Å². The third-order valence-electron chi connectivity index (χ3n) is 3.86. The molecule has 132 valence electrons. The molecule has 0 saturated carbocycles. The zero-order valence-electron chi connectivity index (χ0n) is 14.4. The van der Waals surface area contributed by atoms with Crippen molar-refractivity contribution in [1.29, 1.82) is 0 Å². The fourth-order valence-electron chi connectivity index (χ4n) is 2.48. The topological polar surface area (TPSA) is 63.2 Å². The maximum Gasteiger partial charge on any atom is 0.259 e. The molecule has 26 heavy (non-hydrogen) atoms. The van der Waals surface area contributed by atoms with Gasteiger partial charge in [0.05, 0.1) is 18.4 Å². The lowest BCUT2D eigenvalue weighted by molar-refractivity contribution is 0.102. The number of carbonyl (C=O) groups excluding carboxylic acids is 1. The zero-order valence-corrected chi connectivity index (χ0v) is 14.4. The minimum atomic E-state index is -0.413. The minimum absolute atomic E-state index is 0.335. The maximum atomic E-state index is 13.5. The molecule has 0 atom stereocenters. The molecule has 0 radical (unpaired) electrons. The fraction of sp³-hybridized carbons (Fsp3) is 0.100. The van der Waals surface area contributed by atoms with Crippen molar-refractivity contribution in [3.8, 4) is 5.75 Å². The Morgan fingerprint density at radius 3 is 2.69 bits per heavy atom. The summed E-state index contributed by atoms with van der Waals surface area (Å²) < 4.78 is 18.8. The Morgan fingerprint density at radius 2 is 1.88 bits per heavy atom. The summed E-state index contributed by atoms with van der Waals surface area (Å²) in [7, 11) is 1.57. The number of hydrogen-bond donors (Lipinski definition) is 2. The van der Waals surface area contributed by atoms with E-state index in [1.165, 1.54) is 12.1 Å². The second kappa shape index (κ2) is 7.65. The largest absolute Gasteiger partial charge is 0.495 e. The molecule has 0 bridgehead atoms. The number of rotatable bonds is 5. The Balaban J connectivity index is 1.89. The van der Waals surface area contributed by atoms with Crippen molar-refractivity contribution in [1.82, 2.24) is 4.98 Å². The number of ether oxygens (including phenoxy) is 1. The number of aromatic nitrogens is 1. The third kappa shape index (κ3) is 3.80. The van der Waals surface area contributed by atoms with E-state index >= 15 is 0 Å². The quantitative estimate of drug-likeness (QED) is 0.709. The van der Waals surface area contributed by atoms with E-state index < -0.39 is 5.82 Å². The summed E-state index contributed by atoms with van der Waals surface area (Å²) in [5, 5.41) is 5.85. The van der Waals surface area contributed by atoms with Crippen LogP contribution in [0.4, 0.5) is 21.6 Å². The molecular weight excluding hydrogens is 333 g/mol. The first-order valence-electron chi connectivity index (χ1n) is 8.01. The molecule has 0 spiro atoms. The van der Waals surface area contributed by atoms with E-state index in [9.17, 15) is 9.18 Å². The summed E-state index contributed by atoms with van der Waals surface area (Å²) in [6.45, 7) is 1.80. The van der Waals surface area contributed by atoms with Crippen LogP contribution in [-0.2, 0) is 0 Å². The Labute approximate surface area is 150 Å². The number of nitrogens with one attached hydrogen (secondary N) is 2. The molecule has 0 unspecified atom stereocenters. The van der Waals surface area contributed by atoms with Crippen LogP contribution < -0.4 is 15.4 Å². The van der Waals surface area contributed by atoms with Crippen molar-refractivity contribution in [3.05, 3.63) is 77.7 Å². The first kappa shape index (κ1) is 17.4. The summed E-state index contributed by atoms with van der Waals surface area (Å²) >= 11 is 0. The molecule has 1 aromatic heterocycles. The molecule has 5 nitrogen and oxygen atoms in total. The van der Waals surface area contributed by atoms with Gasteiger partial charge in [-0.25, -0.2) is 9.37 Å². The number of amides is 1. The average Bonchev–Trinajstić information content (AvgIpc) is 2.65. The highest BCUT2D eigenvalue weighted by atomic mass is 19.1. The number of hydrogen-bond acceptors (Lipinski definition) is 4. The van der Waals surface area contributed by atoms with Gasteiger partial charge >= 0.3 is 0 Å². The van der Waals surface area contributed by atoms with Crippen molar-refractivity contribution in [2.24, 2.45) is 0 Å². The van der Waals surface area contributed by atoms with Gasteiger partial charge in [0.25, 0.3) is 5.91 Å². The van der Waals surface area contributed by atoms with Crippen LogP contribution in [0.25, 0.3) is 0 Å². The lowest BCUT2D eigenvalue weighted by Gasteiger charge is -2.14. The van der Waals surface area contributed by atoms with Gasteiger partial charge in [-0.15, -0.1) is 0 Å². The molecule has 0 aliphatic rings. The van der Waals surface area contributed by atoms with Gasteiger partial charge in [-0.1, -0.05) is 18.2 Å². The van der Waals surface area contributed by atoms with Crippen molar-refractivity contribution in [2.45, 2.75) is 6.92 Å². The van der Waals surface area contributed by atoms with E-state index in [0.29, 0.717) is 28.5 Å². The van der Waals surface area contributed by atoms with Crippen LogP contribution in [0.5, 0.6) is 5.75 Å². The van der Waals surface area contributed by atoms with E-state index in [-0.39, 0.29) is 5.91 Å². The second-order valence-electron chi connectivity index (χ2n) is 5.64. The van der Waals surface area contributed by atoms with Crippen LogP contribution in [-0.4, -0.2) is 18.0 Å². The van der Waals surface area contributed by atoms with E-state index in [4.69, 9.17) is 4.74 Å². The number of aryl methyl sites for hydroxylation is 1. The Kier molecular flexibility index (Phi) is 5.12. The van der Waals surface area contributed by atoms with Crippen molar-refractivity contribution >= 4 is 23.1 Å².